The highest BCUT2D eigenvalue weighted by molar-refractivity contribution is 9.10. The standard InChI is InChI=1S/C10H9BrFNO2/c1-5(4-13)6-3-7(12)9(14)8(11)10(6)15-2/h3,5,14H,1-2H3. The van der Waals surface area contributed by atoms with E-state index in [2.05, 4.69) is 15.9 Å². The summed E-state index contributed by atoms with van der Waals surface area (Å²) in [6.45, 7) is 1.63. The fraction of sp³-hybridized carbons (Fsp3) is 0.300. The summed E-state index contributed by atoms with van der Waals surface area (Å²) in [6, 6.07) is 3.08. The zero-order valence-corrected chi connectivity index (χ0v) is 9.80. The number of rotatable bonds is 2. The summed E-state index contributed by atoms with van der Waals surface area (Å²) in [5.41, 5.74) is 0.405. The van der Waals surface area contributed by atoms with Gasteiger partial charge >= 0.3 is 0 Å². The van der Waals surface area contributed by atoms with Crippen molar-refractivity contribution in [3.63, 3.8) is 0 Å². The highest BCUT2D eigenvalue weighted by Crippen LogP contribution is 2.41. The summed E-state index contributed by atoms with van der Waals surface area (Å²) >= 11 is 3.02. The molecule has 0 radical (unpaired) electrons. The Balaban J connectivity index is 3.46. The lowest BCUT2D eigenvalue weighted by Gasteiger charge is -2.13. The molecule has 0 heterocycles. The molecule has 0 bridgehead atoms. The molecule has 0 spiro atoms. The van der Waals surface area contributed by atoms with Crippen LogP contribution in [0.1, 0.15) is 18.4 Å². The van der Waals surface area contributed by atoms with Gasteiger partial charge in [-0.25, -0.2) is 4.39 Å². The second-order valence-electron chi connectivity index (χ2n) is 2.99. The first-order valence-corrected chi connectivity index (χ1v) is 4.96. The first kappa shape index (κ1) is 11.8. The number of phenolic OH excluding ortho intramolecular Hbond substituents is 1. The molecule has 3 nitrogen and oxygen atoms in total. The highest BCUT2D eigenvalue weighted by atomic mass is 79.9. The Morgan fingerprint density at radius 1 is 1.67 bits per heavy atom. The van der Waals surface area contributed by atoms with Crippen molar-refractivity contribution in [2.45, 2.75) is 12.8 Å². The summed E-state index contributed by atoms with van der Waals surface area (Å²) in [4.78, 5) is 0. The molecule has 0 saturated heterocycles. The third-order valence-corrected chi connectivity index (χ3v) is 2.78. The zero-order chi connectivity index (χ0) is 11.6. The monoisotopic (exact) mass is 273 g/mol. The third-order valence-electron chi connectivity index (χ3n) is 2.04. The number of nitrogens with zero attached hydrogens (tertiary/aromatic N) is 1. The average molecular weight is 274 g/mol. The van der Waals surface area contributed by atoms with E-state index in [-0.39, 0.29) is 10.2 Å². The number of nitriles is 1. The van der Waals surface area contributed by atoms with Gasteiger partial charge in [0.1, 0.15) is 10.2 Å². The maximum atomic E-state index is 13.2. The Morgan fingerprint density at radius 3 is 2.73 bits per heavy atom. The van der Waals surface area contributed by atoms with E-state index in [0.717, 1.165) is 6.07 Å². The predicted molar refractivity (Wildman–Crippen MR) is 56.3 cm³/mol. The van der Waals surface area contributed by atoms with Crippen molar-refractivity contribution in [3.05, 3.63) is 21.9 Å². The second kappa shape index (κ2) is 4.49. The lowest BCUT2D eigenvalue weighted by Crippen LogP contribution is -1.98. The third kappa shape index (κ3) is 2.05. The number of methoxy groups -OCH3 is 1. The van der Waals surface area contributed by atoms with Crippen LogP contribution in [0.5, 0.6) is 11.5 Å². The number of aromatic hydroxyl groups is 1. The first-order chi connectivity index (χ1) is 7.02. The van der Waals surface area contributed by atoms with Crippen LogP contribution in [0.3, 0.4) is 0 Å². The van der Waals surface area contributed by atoms with Crippen LogP contribution in [0, 0.1) is 17.1 Å². The topological polar surface area (TPSA) is 53.2 Å². The van der Waals surface area contributed by atoms with Crippen LogP contribution in [0.2, 0.25) is 0 Å². The predicted octanol–water partition coefficient (Wildman–Crippen LogP) is 2.93. The first-order valence-electron chi connectivity index (χ1n) is 4.17. The zero-order valence-electron chi connectivity index (χ0n) is 8.21. The molecule has 1 unspecified atom stereocenters. The van der Waals surface area contributed by atoms with Gasteiger partial charge in [-0.1, -0.05) is 0 Å². The number of hydrogen-bond acceptors (Lipinski definition) is 3. The fourth-order valence-corrected chi connectivity index (χ4v) is 1.79. The molecule has 1 aromatic carbocycles. The molecule has 0 aliphatic rings. The second-order valence-corrected chi connectivity index (χ2v) is 3.79. The van der Waals surface area contributed by atoms with E-state index in [4.69, 9.17) is 10.00 Å². The summed E-state index contributed by atoms with van der Waals surface area (Å²) < 4.78 is 18.3. The molecular formula is C10H9BrFNO2. The van der Waals surface area contributed by atoms with Crippen LogP contribution in [-0.4, -0.2) is 12.2 Å². The van der Waals surface area contributed by atoms with Crippen molar-refractivity contribution in [3.8, 4) is 17.6 Å². The minimum absolute atomic E-state index is 0.127. The molecular weight excluding hydrogens is 265 g/mol. The highest BCUT2D eigenvalue weighted by Gasteiger charge is 2.20. The molecule has 1 rings (SSSR count). The van der Waals surface area contributed by atoms with E-state index >= 15 is 0 Å². The van der Waals surface area contributed by atoms with Crippen LogP contribution in [-0.2, 0) is 0 Å². The van der Waals surface area contributed by atoms with E-state index in [0.29, 0.717) is 5.56 Å². The van der Waals surface area contributed by atoms with E-state index in [1.165, 1.54) is 7.11 Å². The van der Waals surface area contributed by atoms with Crippen LogP contribution in [0.15, 0.2) is 10.5 Å². The van der Waals surface area contributed by atoms with Crippen molar-refractivity contribution >= 4 is 15.9 Å². The Labute approximate surface area is 95.2 Å². The molecule has 0 amide bonds. The van der Waals surface area contributed by atoms with Gasteiger partial charge in [0.05, 0.1) is 19.1 Å². The van der Waals surface area contributed by atoms with Gasteiger partial charge in [0.25, 0.3) is 0 Å². The Kier molecular flexibility index (Phi) is 3.53. The van der Waals surface area contributed by atoms with Crippen LogP contribution in [0.4, 0.5) is 4.39 Å². The van der Waals surface area contributed by atoms with Gasteiger partial charge in [-0.05, 0) is 28.9 Å². The summed E-state index contributed by atoms with van der Waals surface area (Å²) in [6.07, 6.45) is 0. The molecule has 80 valence electrons. The smallest absolute Gasteiger partial charge is 0.169 e. The van der Waals surface area contributed by atoms with E-state index in [1.807, 2.05) is 6.07 Å². The van der Waals surface area contributed by atoms with E-state index < -0.39 is 17.5 Å². The number of halogens is 2. The van der Waals surface area contributed by atoms with Crippen molar-refractivity contribution in [2.24, 2.45) is 0 Å². The van der Waals surface area contributed by atoms with Crippen molar-refractivity contribution in [2.75, 3.05) is 7.11 Å². The van der Waals surface area contributed by atoms with Crippen molar-refractivity contribution in [1.82, 2.24) is 0 Å². The molecule has 0 saturated carbocycles. The molecule has 1 N–H and O–H groups in total. The van der Waals surface area contributed by atoms with Crippen molar-refractivity contribution in [1.29, 1.82) is 5.26 Å². The minimum Gasteiger partial charge on any atom is -0.504 e. The van der Waals surface area contributed by atoms with E-state index in [1.54, 1.807) is 6.92 Å². The molecule has 15 heavy (non-hydrogen) atoms. The number of ether oxygens (including phenoxy) is 1. The fourth-order valence-electron chi connectivity index (χ4n) is 1.21. The lowest BCUT2D eigenvalue weighted by atomic mass is 10.0. The van der Waals surface area contributed by atoms with Gasteiger partial charge in [-0.3, -0.25) is 0 Å². The molecule has 1 atom stereocenters. The number of phenols is 1. The van der Waals surface area contributed by atoms with E-state index in [9.17, 15) is 9.50 Å². The minimum atomic E-state index is -0.778. The van der Waals surface area contributed by atoms with Gasteiger partial charge < -0.3 is 9.84 Å². The van der Waals surface area contributed by atoms with Gasteiger partial charge in [0, 0.05) is 5.56 Å². The van der Waals surface area contributed by atoms with Gasteiger partial charge in [0.15, 0.2) is 11.6 Å². The van der Waals surface area contributed by atoms with Crippen LogP contribution < -0.4 is 4.74 Å². The van der Waals surface area contributed by atoms with Crippen LogP contribution in [0.25, 0.3) is 0 Å². The Morgan fingerprint density at radius 2 is 2.27 bits per heavy atom. The van der Waals surface area contributed by atoms with Gasteiger partial charge in [-0.2, -0.15) is 5.26 Å². The molecule has 5 heteroatoms. The Hall–Kier alpha value is -1.28. The molecule has 0 aliphatic heterocycles. The quantitative estimate of drug-likeness (QED) is 0.902. The average Bonchev–Trinajstić information content (AvgIpc) is 2.24. The van der Waals surface area contributed by atoms with Crippen LogP contribution >= 0.6 is 15.9 Å². The number of hydrogen-bond donors (Lipinski definition) is 1. The number of benzene rings is 1. The maximum Gasteiger partial charge on any atom is 0.169 e. The SMILES string of the molecule is COc1c(C(C)C#N)cc(F)c(O)c1Br. The molecule has 1 aromatic rings. The largest absolute Gasteiger partial charge is 0.504 e. The summed E-state index contributed by atoms with van der Waals surface area (Å²) in [5.74, 6) is -1.52. The lowest BCUT2D eigenvalue weighted by molar-refractivity contribution is 0.386. The summed E-state index contributed by atoms with van der Waals surface area (Å²) in [5, 5.41) is 18.1. The molecule has 0 aliphatic carbocycles. The summed E-state index contributed by atoms with van der Waals surface area (Å²) in [7, 11) is 1.39. The van der Waals surface area contributed by atoms with Gasteiger partial charge in [-0.15, -0.1) is 0 Å². The normalized spacial score (nSPS) is 11.9. The van der Waals surface area contributed by atoms with Crippen molar-refractivity contribution < 1.29 is 14.2 Å². The molecule has 0 fully saturated rings. The van der Waals surface area contributed by atoms with Gasteiger partial charge in [0.2, 0.25) is 0 Å². The Bertz CT molecular complexity index is 428. The maximum absolute atomic E-state index is 13.2. The molecule has 0 aromatic heterocycles.